The van der Waals surface area contributed by atoms with Gasteiger partial charge in [-0.15, -0.1) is 0 Å². The number of carbonyl (C=O) groups excluding carboxylic acids is 1. The van der Waals surface area contributed by atoms with Gasteiger partial charge in [0.05, 0.1) is 13.2 Å². The van der Waals surface area contributed by atoms with Gasteiger partial charge >= 0.3 is 5.97 Å². The molecular formula is C20H20O5. The summed E-state index contributed by atoms with van der Waals surface area (Å²) < 4.78 is 17.2. The molecule has 25 heavy (non-hydrogen) atoms. The quantitative estimate of drug-likeness (QED) is 0.871. The second-order valence-electron chi connectivity index (χ2n) is 6.26. The molecule has 2 aliphatic heterocycles. The average Bonchev–Trinajstić information content (AvgIpc) is 2.63. The third kappa shape index (κ3) is 2.51. The summed E-state index contributed by atoms with van der Waals surface area (Å²) >= 11 is 0. The molecule has 0 saturated carbocycles. The van der Waals surface area contributed by atoms with Crippen LogP contribution in [-0.4, -0.2) is 24.3 Å². The first-order chi connectivity index (χ1) is 12.1. The van der Waals surface area contributed by atoms with Gasteiger partial charge in [-0.05, 0) is 25.0 Å². The molecule has 0 saturated heterocycles. The average molecular weight is 340 g/mol. The van der Waals surface area contributed by atoms with E-state index in [0.29, 0.717) is 17.9 Å². The van der Waals surface area contributed by atoms with Crippen LogP contribution in [0.15, 0.2) is 48.5 Å². The van der Waals surface area contributed by atoms with E-state index in [2.05, 4.69) is 0 Å². The molecule has 0 radical (unpaired) electrons. The number of aliphatic hydroxyl groups is 1. The molecule has 0 bridgehead atoms. The van der Waals surface area contributed by atoms with Crippen LogP contribution in [0.5, 0.6) is 5.75 Å². The maximum absolute atomic E-state index is 12.8. The van der Waals surface area contributed by atoms with Gasteiger partial charge in [0.15, 0.2) is 5.92 Å². The van der Waals surface area contributed by atoms with E-state index < -0.39 is 23.8 Å². The van der Waals surface area contributed by atoms with E-state index in [1.54, 1.807) is 37.3 Å². The van der Waals surface area contributed by atoms with Crippen LogP contribution in [0.2, 0.25) is 0 Å². The minimum atomic E-state index is -1.85. The second-order valence-corrected chi connectivity index (χ2v) is 6.26. The Morgan fingerprint density at radius 1 is 1.24 bits per heavy atom. The molecule has 1 N–H and O–H groups in total. The van der Waals surface area contributed by atoms with Crippen molar-refractivity contribution in [1.82, 2.24) is 0 Å². The van der Waals surface area contributed by atoms with Crippen molar-refractivity contribution >= 4 is 5.97 Å². The van der Waals surface area contributed by atoms with Gasteiger partial charge in [-0.1, -0.05) is 42.5 Å². The Labute approximate surface area is 146 Å². The van der Waals surface area contributed by atoms with Gasteiger partial charge in [0, 0.05) is 11.1 Å². The van der Waals surface area contributed by atoms with Crippen molar-refractivity contribution < 1.29 is 24.1 Å². The van der Waals surface area contributed by atoms with Crippen molar-refractivity contribution in [3.63, 3.8) is 0 Å². The predicted molar refractivity (Wildman–Crippen MR) is 89.9 cm³/mol. The lowest BCUT2D eigenvalue weighted by atomic mass is 9.78. The predicted octanol–water partition coefficient (Wildman–Crippen LogP) is 2.72. The number of ether oxygens (including phenoxy) is 3. The first kappa shape index (κ1) is 16.1. The fourth-order valence-corrected chi connectivity index (χ4v) is 3.73. The minimum absolute atomic E-state index is 0.224. The third-order valence-corrected chi connectivity index (χ3v) is 4.83. The highest BCUT2D eigenvalue weighted by Crippen LogP contribution is 2.52. The normalized spacial score (nSPS) is 27.1. The van der Waals surface area contributed by atoms with Gasteiger partial charge in [0.1, 0.15) is 11.9 Å². The zero-order valence-electron chi connectivity index (χ0n) is 14.0. The lowest BCUT2D eigenvalue weighted by Crippen LogP contribution is -2.52. The molecule has 0 aliphatic carbocycles. The summed E-state index contributed by atoms with van der Waals surface area (Å²) in [6.07, 6.45) is 0.153. The number of carbonyl (C=O) groups is 1. The van der Waals surface area contributed by atoms with Crippen molar-refractivity contribution in [3.05, 3.63) is 65.2 Å². The summed E-state index contributed by atoms with van der Waals surface area (Å²) in [6.45, 7) is 2.45. The van der Waals surface area contributed by atoms with Crippen molar-refractivity contribution in [2.45, 2.75) is 25.2 Å². The molecule has 0 aromatic heterocycles. The zero-order valence-corrected chi connectivity index (χ0v) is 14.0. The second kappa shape index (κ2) is 6.17. The fraction of sp³-hybridized carbons (Fsp3) is 0.350. The molecule has 130 valence electrons. The van der Waals surface area contributed by atoms with Crippen molar-refractivity contribution in [3.8, 4) is 5.75 Å². The Morgan fingerprint density at radius 3 is 2.80 bits per heavy atom. The Hall–Kier alpha value is -2.37. The van der Waals surface area contributed by atoms with Gasteiger partial charge < -0.3 is 19.3 Å². The van der Waals surface area contributed by atoms with Gasteiger partial charge in [0.2, 0.25) is 0 Å². The summed E-state index contributed by atoms with van der Waals surface area (Å²) in [5.74, 6) is -2.82. The van der Waals surface area contributed by atoms with E-state index in [0.717, 1.165) is 17.5 Å². The van der Waals surface area contributed by atoms with Crippen LogP contribution in [0.3, 0.4) is 0 Å². The number of esters is 1. The maximum atomic E-state index is 12.8. The molecule has 4 rings (SSSR count). The summed E-state index contributed by atoms with van der Waals surface area (Å²) in [7, 11) is 0. The molecule has 2 aromatic carbocycles. The maximum Gasteiger partial charge on any atom is 0.319 e. The number of hydrogen-bond donors (Lipinski definition) is 1. The molecule has 5 nitrogen and oxygen atoms in total. The van der Waals surface area contributed by atoms with Crippen LogP contribution >= 0.6 is 0 Å². The van der Waals surface area contributed by atoms with E-state index in [4.69, 9.17) is 14.2 Å². The SMILES string of the molecule is CCOC(=O)[C@@H]1C2OCCc3cccc(c32)O[C@@]1(O)c1ccccc1. The zero-order chi connectivity index (χ0) is 17.4. The lowest BCUT2D eigenvalue weighted by molar-refractivity contribution is -0.240. The molecule has 5 heteroatoms. The monoisotopic (exact) mass is 340 g/mol. The van der Waals surface area contributed by atoms with Crippen molar-refractivity contribution in [2.75, 3.05) is 13.2 Å². The molecule has 0 amide bonds. The third-order valence-electron chi connectivity index (χ3n) is 4.83. The van der Waals surface area contributed by atoms with Crippen LogP contribution in [0.25, 0.3) is 0 Å². The first-order valence-electron chi connectivity index (χ1n) is 8.52. The van der Waals surface area contributed by atoms with Gasteiger partial charge in [-0.25, -0.2) is 0 Å². The van der Waals surface area contributed by atoms with E-state index in [-0.39, 0.29) is 6.61 Å². The largest absolute Gasteiger partial charge is 0.465 e. The number of benzene rings is 2. The summed E-state index contributed by atoms with van der Waals surface area (Å²) in [5, 5.41) is 11.5. The Kier molecular flexibility index (Phi) is 3.98. The van der Waals surface area contributed by atoms with Crippen LogP contribution < -0.4 is 4.74 Å². The van der Waals surface area contributed by atoms with Gasteiger partial charge in [0.25, 0.3) is 5.79 Å². The minimum Gasteiger partial charge on any atom is -0.465 e. The smallest absolute Gasteiger partial charge is 0.319 e. The van der Waals surface area contributed by atoms with E-state index in [1.165, 1.54) is 0 Å². The molecule has 1 unspecified atom stereocenters. The summed E-state index contributed by atoms with van der Waals surface area (Å²) in [5.41, 5.74) is 2.42. The molecule has 2 aliphatic rings. The molecule has 2 heterocycles. The van der Waals surface area contributed by atoms with Gasteiger partial charge in [-0.3, -0.25) is 4.79 Å². The highest BCUT2D eigenvalue weighted by molar-refractivity contribution is 5.76. The molecule has 0 spiro atoms. The van der Waals surface area contributed by atoms with E-state index in [9.17, 15) is 9.90 Å². The lowest BCUT2D eigenvalue weighted by Gasteiger charge is -2.45. The highest BCUT2D eigenvalue weighted by atomic mass is 16.6. The van der Waals surface area contributed by atoms with Crippen LogP contribution in [-0.2, 0) is 26.5 Å². The number of hydrogen-bond acceptors (Lipinski definition) is 5. The summed E-state index contributed by atoms with van der Waals surface area (Å²) in [6, 6.07) is 14.6. The molecule has 3 atom stereocenters. The Morgan fingerprint density at radius 2 is 2.04 bits per heavy atom. The highest BCUT2D eigenvalue weighted by Gasteiger charge is 2.56. The van der Waals surface area contributed by atoms with E-state index in [1.807, 2.05) is 18.2 Å². The number of rotatable bonds is 3. The molecule has 0 fully saturated rings. The van der Waals surface area contributed by atoms with Crippen LogP contribution in [0, 0.1) is 5.92 Å². The Bertz CT molecular complexity index is 788. The topological polar surface area (TPSA) is 65.0 Å². The van der Waals surface area contributed by atoms with Crippen LogP contribution in [0.1, 0.15) is 29.7 Å². The fourth-order valence-electron chi connectivity index (χ4n) is 3.73. The molecule has 2 aromatic rings. The van der Waals surface area contributed by atoms with Crippen LogP contribution in [0.4, 0.5) is 0 Å². The summed E-state index contributed by atoms with van der Waals surface area (Å²) in [4.78, 5) is 12.8. The van der Waals surface area contributed by atoms with Crippen molar-refractivity contribution in [1.29, 1.82) is 0 Å². The van der Waals surface area contributed by atoms with E-state index >= 15 is 0 Å². The Balaban J connectivity index is 1.90. The van der Waals surface area contributed by atoms with Crippen molar-refractivity contribution in [2.24, 2.45) is 5.92 Å². The standard InChI is InChI=1S/C20H20O5/c1-2-23-19(21)17-18-16-13(11-12-24-18)7-6-10-15(16)25-20(17,22)14-8-4-3-5-9-14/h3-10,17-18,22H,2,11-12H2,1H3/t17-,18?,20-/m0/s1. The first-order valence-corrected chi connectivity index (χ1v) is 8.52. The van der Waals surface area contributed by atoms with Gasteiger partial charge in [-0.2, -0.15) is 0 Å². The molecular weight excluding hydrogens is 320 g/mol.